The molecule has 0 aromatic rings. The van der Waals surface area contributed by atoms with Gasteiger partial charge in [-0.25, -0.2) is 0 Å². The molecule has 0 aliphatic carbocycles. The summed E-state index contributed by atoms with van der Waals surface area (Å²) < 4.78 is 0. The van der Waals surface area contributed by atoms with Gasteiger partial charge in [-0.3, -0.25) is 0 Å². The molecular weight excluding hydrogens is 172 g/mol. The predicted molar refractivity (Wildman–Crippen MR) is 52.1 cm³/mol. The van der Waals surface area contributed by atoms with Crippen LogP contribution in [0, 0.1) is 0 Å². The quantitative estimate of drug-likeness (QED) is 0.371. The molecule has 13 heavy (non-hydrogen) atoms. The minimum Gasteiger partial charge on any atom is -0.394 e. The molecule has 0 atom stereocenters. The molecule has 0 radical (unpaired) electrons. The average molecular weight is 194 g/mol. The predicted octanol–water partition coefficient (Wildman–Crippen LogP) is -1.60. The van der Waals surface area contributed by atoms with Crippen LogP contribution in [0.25, 0.3) is 0 Å². The zero-order valence-electron chi connectivity index (χ0n) is 8.62. The van der Waals surface area contributed by atoms with E-state index in [1.54, 1.807) is 0 Å². The van der Waals surface area contributed by atoms with Crippen molar-refractivity contribution >= 4 is 0 Å². The first-order chi connectivity index (χ1) is 5.68. The Balaban J connectivity index is 0. The van der Waals surface area contributed by atoms with Gasteiger partial charge in [-0.1, -0.05) is 0 Å². The van der Waals surface area contributed by atoms with E-state index in [0.717, 1.165) is 0 Å². The molecule has 0 saturated carbocycles. The van der Waals surface area contributed by atoms with Crippen LogP contribution in [0.15, 0.2) is 0 Å². The van der Waals surface area contributed by atoms with Crippen molar-refractivity contribution in [2.75, 3.05) is 19.8 Å². The molecule has 0 spiro atoms. The summed E-state index contributed by atoms with van der Waals surface area (Å²) in [6.07, 6.45) is 0. The van der Waals surface area contributed by atoms with Gasteiger partial charge < -0.3 is 26.8 Å². The highest BCUT2D eigenvalue weighted by atomic mass is 16.3. The van der Waals surface area contributed by atoms with Crippen LogP contribution >= 0.6 is 0 Å². The summed E-state index contributed by atoms with van der Waals surface area (Å²) in [5, 5.41) is 25.0. The zero-order chi connectivity index (χ0) is 11.1. The number of hydrogen-bond acceptors (Lipinski definition) is 5. The van der Waals surface area contributed by atoms with Crippen molar-refractivity contribution in [3.05, 3.63) is 0 Å². The Labute approximate surface area is 79.4 Å². The minimum absolute atomic E-state index is 0. The second-order valence-electron chi connectivity index (χ2n) is 4.20. The summed E-state index contributed by atoms with van der Waals surface area (Å²) in [4.78, 5) is 0. The summed E-state index contributed by atoms with van der Waals surface area (Å²) in [6.45, 7) is 4.69. The van der Waals surface area contributed by atoms with Gasteiger partial charge in [-0.2, -0.15) is 0 Å². The number of rotatable bonds is 3. The Kier molecular flexibility index (Phi) is 7.39. The normalized spacial score (nSPS) is 12.0. The van der Waals surface area contributed by atoms with Gasteiger partial charge in [0.05, 0.1) is 25.4 Å². The fourth-order valence-electron chi connectivity index (χ4n) is 0.150. The van der Waals surface area contributed by atoms with Gasteiger partial charge in [-0.05, 0) is 20.8 Å². The van der Waals surface area contributed by atoms with Gasteiger partial charge in [0, 0.05) is 5.54 Å². The van der Waals surface area contributed by atoms with Gasteiger partial charge in [0.25, 0.3) is 0 Å². The highest BCUT2D eigenvalue weighted by Gasteiger charge is 2.20. The molecule has 0 bridgehead atoms. The average Bonchev–Trinajstić information content (AvgIpc) is 2.00. The lowest BCUT2D eigenvalue weighted by Crippen LogP contribution is -2.50. The molecule has 0 heterocycles. The lowest BCUT2D eigenvalue weighted by atomic mass is 10.1. The lowest BCUT2D eigenvalue weighted by molar-refractivity contribution is 0.0698. The van der Waals surface area contributed by atoms with E-state index < -0.39 is 25.4 Å². The van der Waals surface area contributed by atoms with Gasteiger partial charge in [0.1, 0.15) is 0 Å². The molecule has 0 aromatic carbocycles. The van der Waals surface area contributed by atoms with Crippen LogP contribution in [0.1, 0.15) is 20.8 Å². The molecule has 82 valence electrons. The van der Waals surface area contributed by atoms with Crippen LogP contribution in [0.4, 0.5) is 0 Å². The second-order valence-corrected chi connectivity index (χ2v) is 4.20. The molecular formula is C8H22N2O3. The molecule has 7 N–H and O–H groups in total. The van der Waals surface area contributed by atoms with Crippen molar-refractivity contribution in [1.82, 2.24) is 0 Å². The molecule has 5 heteroatoms. The summed E-state index contributed by atoms with van der Waals surface area (Å²) in [7, 11) is 0. The van der Waals surface area contributed by atoms with Gasteiger partial charge in [0.2, 0.25) is 0 Å². The van der Waals surface area contributed by atoms with Crippen molar-refractivity contribution in [3.8, 4) is 0 Å². The Morgan fingerprint density at radius 2 is 1.00 bits per heavy atom. The van der Waals surface area contributed by atoms with Crippen LogP contribution < -0.4 is 11.5 Å². The first-order valence-corrected chi connectivity index (χ1v) is 4.09. The van der Waals surface area contributed by atoms with E-state index in [2.05, 4.69) is 0 Å². The van der Waals surface area contributed by atoms with Crippen molar-refractivity contribution < 1.29 is 15.3 Å². The van der Waals surface area contributed by atoms with Crippen LogP contribution in [0.2, 0.25) is 0 Å². The van der Waals surface area contributed by atoms with Crippen LogP contribution in [0.5, 0.6) is 0 Å². The highest BCUT2D eigenvalue weighted by Crippen LogP contribution is 1.93. The maximum atomic E-state index is 8.34. The van der Waals surface area contributed by atoms with Gasteiger partial charge >= 0.3 is 0 Å². The summed E-state index contributed by atoms with van der Waals surface area (Å²) in [5.41, 5.74) is 9.29. The maximum Gasteiger partial charge on any atom is 0.0856 e. The monoisotopic (exact) mass is 194 g/mol. The van der Waals surface area contributed by atoms with Crippen molar-refractivity contribution in [2.45, 2.75) is 31.8 Å². The first-order valence-electron chi connectivity index (χ1n) is 4.09. The van der Waals surface area contributed by atoms with E-state index >= 15 is 0 Å². The molecule has 0 amide bonds. The minimum atomic E-state index is -1.21. The largest absolute Gasteiger partial charge is 0.394 e. The van der Waals surface area contributed by atoms with Crippen molar-refractivity contribution in [3.63, 3.8) is 0 Å². The standard InChI is InChI=1S/C4H11NO3.C4H11N/c5-4(1-6,2-7)3-8;1-4(2,3)5/h6-8H,1-3,5H2;5H2,1-3H3. The molecule has 0 unspecified atom stereocenters. The topological polar surface area (TPSA) is 113 Å². The number of hydrogen-bond donors (Lipinski definition) is 5. The second kappa shape index (κ2) is 6.28. The first kappa shape index (κ1) is 15.3. The molecule has 0 saturated heterocycles. The highest BCUT2D eigenvalue weighted by molar-refractivity contribution is 4.80. The molecule has 0 aliphatic heterocycles. The fraction of sp³-hybridized carbons (Fsp3) is 1.00. The number of nitrogens with two attached hydrogens (primary N) is 2. The Bertz CT molecular complexity index is 105. The summed E-state index contributed by atoms with van der Waals surface area (Å²) in [6, 6.07) is 0. The smallest absolute Gasteiger partial charge is 0.0856 e. The Morgan fingerprint density at radius 1 is 0.846 bits per heavy atom. The van der Waals surface area contributed by atoms with Gasteiger partial charge in [-0.15, -0.1) is 0 Å². The van der Waals surface area contributed by atoms with E-state index in [4.69, 9.17) is 26.8 Å². The lowest BCUT2D eigenvalue weighted by Gasteiger charge is -2.20. The fourth-order valence-corrected chi connectivity index (χ4v) is 0.150. The van der Waals surface area contributed by atoms with Crippen molar-refractivity contribution in [2.24, 2.45) is 11.5 Å². The number of aliphatic hydroxyl groups is 3. The van der Waals surface area contributed by atoms with Crippen molar-refractivity contribution in [1.29, 1.82) is 0 Å². The third kappa shape index (κ3) is 14.6. The maximum absolute atomic E-state index is 8.34. The molecule has 0 aromatic heterocycles. The van der Waals surface area contributed by atoms with E-state index in [1.807, 2.05) is 20.8 Å². The Hall–Kier alpha value is -0.200. The zero-order valence-corrected chi connectivity index (χ0v) is 8.62. The number of aliphatic hydroxyl groups excluding tert-OH is 3. The molecule has 5 nitrogen and oxygen atoms in total. The SMILES string of the molecule is CC(C)(C)N.NC(CO)(CO)CO. The van der Waals surface area contributed by atoms with Gasteiger partial charge in [0.15, 0.2) is 0 Å². The van der Waals surface area contributed by atoms with E-state index in [0.29, 0.717) is 0 Å². The van der Waals surface area contributed by atoms with E-state index in [-0.39, 0.29) is 5.54 Å². The van der Waals surface area contributed by atoms with E-state index in [1.165, 1.54) is 0 Å². The van der Waals surface area contributed by atoms with Crippen LogP contribution in [-0.2, 0) is 0 Å². The van der Waals surface area contributed by atoms with Crippen LogP contribution in [0.3, 0.4) is 0 Å². The summed E-state index contributed by atoms with van der Waals surface area (Å²) in [5.74, 6) is 0. The Morgan fingerprint density at radius 3 is 1.00 bits per heavy atom. The molecule has 0 aliphatic rings. The summed E-state index contributed by atoms with van der Waals surface area (Å²) >= 11 is 0. The van der Waals surface area contributed by atoms with E-state index in [9.17, 15) is 0 Å². The third-order valence-electron chi connectivity index (χ3n) is 0.945. The molecule has 0 rings (SSSR count). The third-order valence-corrected chi connectivity index (χ3v) is 0.945. The van der Waals surface area contributed by atoms with Crippen LogP contribution in [-0.4, -0.2) is 46.2 Å². The molecule has 0 fully saturated rings.